The van der Waals surface area contributed by atoms with Crippen LogP contribution in [0.15, 0.2) is 12.1 Å². The molecule has 2 N–H and O–H groups in total. The summed E-state index contributed by atoms with van der Waals surface area (Å²) in [6.45, 7) is 4.26. The van der Waals surface area contributed by atoms with Crippen LogP contribution >= 0.6 is 24.0 Å². The first-order valence-corrected chi connectivity index (χ1v) is 5.82. The predicted molar refractivity (Wildman–Crippen MR) is 71.8 cm³/mol. The van der Waals surface area contributed by atoms with Crippen molar-refractivity contribution in [2.75, 3.05) is 6.61 Å². The molecule has 0 fully saturated rings. The van der Waals surface area contributed by atoms with Gasteiger partial charge in [-0.2, -0.15) is 0 Å². The number of hydrogen-bond acceptors (Lipinski definition) is 2. The van der Waals surface area contributed by atoms with E-state index in [4.69, 9.17) is 22.1 Å². The number of ether oxygens (including phenoxy) is 1. The second-order valence-corrected chi connectivity index (χ2v) is 4.09. The number of rotatable bonds is 5. The van der Waals surface area contributed by atoms with Crippen LogP contribution in [0.4, 0.5) is 4.39 Å². The van der Waals surface area contributed by atoms with E-state index >= 15 is 0 Å². The van der Waals surface area contributed by atoms with E-state index in [0.29, 0.717) is 29.4 Å². The van der Waals surface area contributed by atoms with Crippen LogP contribution in [0.1, 0.15) is 25.8 Å². The van der Waals surface area contributed by atoms with E-state index in [1.807, 2.05) is 13.8 Å². The van der Waals surface area contributed by atoms with Gasteiger partial charge in [-0.15, -0.1) is 12.4 Å². The highest BCUT2D eigenvalue weighted by Gasteiger charge is 2.11. The average Bonchev–Trinajstić information content (AvgIpc) is 2.25. The van der Waals surface area contributed by atoms with Crippen molar-refractivity contribution in [3.63, 3.8) is 0 Å². The van der Waals surface area contributed by atoms with Gasteiger partial charge in [0.05, 0.1) is 11.6 Å². The summed E-state index contributed by atoms with van der Waals surface area (Å²) < 4.78 is 18.9. The molecule has 0 spiro atoms. The van der Waals surface area contributed by atoms with Gasteiger partial charge in [-0.3, -0.25) is 0 Å². The minimum Gasteiger partial charge on any atom is -0.492 e. The monoisotopic (exact) mass is 281 g/mol. The smallest absolute Gasteiger partial charge is 0.140 e. The summed E-state index contributed by atoms with van der Waals surface area (Å²) in [6.07, 6.45) is 1.30. The lowest BCUT2D eigenvalue weighted by atomic mass is 10.0. The van der Waals surface area contributed by atoms with Crippen molar-refractivity contribution in [1.29, 1.82) is 0 Å². The Morgan fingerprint density at radius 1 is 1.41 bits per heavy atom. The largest absolute Gasteiger partial charge is 0.492 e. The lowest BCUT2D eigenvalue weighted by Gasteiger charge is -2.12. The fourth-order valence-corrected chi connectivity index (χ4v) is 1.66. The molecule has 1 rings (SSSR count). The summed E-state index contributed by atoms with van der Waals surface area (Å²) in [4.78, 5) is 0. The number of nitrogens with two attached hydrogens (primary N) is 1. The second-order valence-electron chi connectivity index (χ2n) is 3.68. The van der Waals surface area contributed by atoms with Gasteiger partial charge in [-0.1, -0.05) is 18.5 Å². The molecular weight excluding hydrogens is 264 g/mol. The van der Waals surface area contributed by atoms with Gasteiger partial charge < -0.3 is 10.5 Å². The molecule has 5 heteroatoms. The van der Waals surface area contributed by atoms with E-state index in [1.165, 1.54) is 6.07 Å². The molecule has 0 amide bonds. The molecule has 0 saturated heterocycles. The van der Waals surface area contributed by atoms with E-state index in [1.54, 1.807) is 6.07 Å². The maximum absolute atomic E-state index is 13.7. The van der Waals surface area contributed by atoms with Crippen molar-refractivity contribution in [2.24, 2.45) is 5.73 Å². The molecule has 0 heterocycles. The van der Waals surface area contributed by atoms with Crippen molar-refractivity contribution < 1.29 is 9.13 Å². The van der Waals surface area contributed by atoms with Crippen LogP contribution in [0.2, 0.25) is 5.02 Å². The third-order valence-corrected chi connectivity index (χ3v) is 2.70. The maximum Gasteiger partial charge on any atom is 0.140 e. The van der Waals surface area contributed by atoms with Crippen LogP contribution in [0, 0.1) is 5.82 Å². The molecule has 1 atom stereocenters. The molecule has 17 heavy (non-hydrogen) atoms. The van der Waals surface area contributed by atoms with Crippen LogP contribution in [-0.4, -0.2) is 12.6 Å². The molecule has 0 aromatic heterocycles. The molecule has 0 aliphatic carbocycles. The molecule has 0 saturated carbocycles. The van der Waals surface area contributed by atoms with Gasteiger partial charge in [0, 0.05) is 12.1 Å². The molecule has 0 aliphatic heterocycles. The second kappa shape index (κ2) is 7.75. The maximum atomic E-state index is 13.7. The zero-order valence-corrected chi connectivity index (χ0v) is 11.6. The molecule has 0 radical (unpaired) electrons. The van der Waals surface area contributed by atoms with Crippen molar-refractivity contribution in [2.45, 2.75) is 32.7 Å². The minimum absolute atomic E-state index is 0. The molecule has 1 aromatic carbocycles. The third-order valence-electron chi connectivity index (χ3n) is 2.41. The van der Waals surface area contributed by atoms with Crippen molar-refractivity contribution >= 4 is 24.0 Å². The zero-order valence-electron chi connectivity index (χ0n) is 10.0. The molecule has 1 unspecified atom stereocenters. The Kier molecular flexibility index (Phi) is 7.51. The Bertz CT molecular complexity index is 361. The van der Waals surface area contributed by atoms with Gasteiger partial charge in [-0.25, -0.2) is 4.39 Å². The SMILES string of the molecule is CCOc1cc(F)c(CC(N)CC)cc1Cl.Cl. The Hall–Kier alpha value is -0.510. The number of hydrogen-bond donors (Lipinski definition) is 1. The number of benzene rings is 1. The van der Waals surface area contributed by atoms with Gasteiger partial charge >= 0.3 is 0 Å². The van der Waals surface area contributed by atoms with E-state index in [2.05, 4.69) is 0 Å². The van der Waals surface area contributed by atoms with E-state index in [-0.39, 0.29) is 24.3 Å². The Balaban J connectivity index is 0.00000256. The van der Waals surface area contributed by atoms with Gasteiger partial charge in [0.15, 0.2) is 0 Å². The van der Waals surface area contributed by atoms with Crippen LogP contribution < -0.4 is 10.5 Å². The lowest BCUT2D eigenvalue weighted by Crippen LogP contribution is -2.22. The summed E-state index contributed by atoms with van der Waals surface area (Å²) in [6, 6.07) is 2.88. The molecule has 98 valence electrons. The highest BCUT2D eigenvalue weighted by molar-refractivity contribution is 6.32. The molecule has 0 bridgehead atoms. The zero-order chi connectivity index (χ0) is 12.1. The van der Waals surface area contributed by atoms with Crippen molar-refractivity contribution in [3.05, 3.63) is 28.5 Å². The average molecular weight is 282 g/mol. The summed E-state index contributed by atoms with van der Waals surface area (Å²) >= 11 is 5.97. The quantitative estimate of drug-likeness (QED) is 0.895. The van der Waals surface area contributed by atoms with Crippen LogP contribution in [-0.2, 0) is 6.42 Å². The Morgan fingerprint density at radius 3 is 2.59 bits per heavy atom. The van der Waals surface area contributed by atoms with Gasteiger partial charge in [-0.05, 0) is 31.4 Å². The van der Waals surface area contributed by atoms with Crippen LogP contribution in [0.5, 0.6) is 5.75 Å². The standard InChI is InChI=1S/C12H17ClFNO.ClH/c1-3-9(15)5-8-6-10(13)12(16-4-2)7-11(8)14;/h6-7,9H,3-5,15H2,1-2H3;1H. The topological polar surface area (TPSA) is 35.2 Å². The Labute approximate surface area is 113 Å². The fraction of sp³-hybridized carbons (Fsp3) is 0.500. The summed E-state index contributed by atoms with van der Waals surface area (Å²) in [5, 5.41) is 0.432. The first-order valence-electron chi connectivity index (χ1n) is 5.44. The minimum atomic E-state index is -0.309. The van der Waals surface area contributed by atoms with Gasteiger partial charge in [0.2, 0.25) is 0 Å². The molecule has 1 aromatic rings. The summed E-state index contributed by atoms with van der Waals surface area (Å²) in [5.74, 6) is 0.0761. The summed E-state index contributed by atoms with van der Waals surface area (Å²) in [5.41, 5.74) is 6.32. The first kappa shape index (κ1) is 16.5. The Morgan fingerprint density at radius 2 is 2.06 bits per heavy atom. The highest BCUT2D eigenvalue weighted by Crippen LogP contribution is 2.28. The van der Waals surface area contributed by atoms with Crippen molar-refractivity contribution in [3.8, 4) is 5.75 Å². The highest BCUT2D eigenvalue weighted by atomic mass is 35.5. The van der Waals surface area contributed by atoms with Crippen LogP contribution in [0.3, 0.4) is 0 Å². The molecule has 0 aliphatic rings. The predicted octanol–water partition coefficient (Wildman–Crippen LogP) is 3.58. The van der Waals surface area contributed by atoms with E-state index in [0.717, 1.165) is 6.42 Å². The first-order chi connectivity index (χ1) is 7.58. The molecular formula is C12H18Cl2FNO. The third kappa shape index (κ3) is 4.70. The van der Waals surface area contributed by atoms with Crippen molar-refractivity contribution in [1.82, 2.24) is 0 Å². The normalized spacial score (nSPS) is 11.8. The fourth-order valence-electron chi connectivity index (χ4n) is 1.42. The molecule has 2 nitrogen and oxygen atoms in total. The van der Waals surface area contributed by atoms with E-state index < -0.39 is 0 Å². The van der Waals surface area contributed by atoms with Gasteiger partial charge in [0.1, 0.15) is 11.6 Å². The van der Waals surface area contributed by atoms with E-state index in [9.17, 15) is 4.39 Å². The lowest BCUT2D eigenvalue weighted by molar-refractivity contribution is 0.338. The number of halogens is 3. The summed E-state index contributed by atoms with van der Waals surface area (Å²) in [7, 11) is 0. The van der Waals surface area contributed by atoms with Crippen LogP contribution in [0.25, 0.3) is 0 Å². The van der Waals surface area contributed by atoms with Gasteiger partial charge in [0.25, 0.3) is 0 Å².